The van der Waals surface area contributed by atoms with Gasteiger partial charge in [-0.25, -0.2) is 9.97 Å². The summed E-state index contributed by atoms with van der Waals surface area (Å²) in [6, 6.07) is 8.05. The first-order chi connectivity index (χ1) is 11.9. The van der Waals surface area contributed by atoms with Crippen LogP contribution in [0.2, 0.25) is 0 Å². The fourth-order valence-corrected chi connectivity index (χ4v) is 4.45. The number of piperidine rings is 1. The van der Waals surface area contributed by atoms with Crippen molar-refractivity contribution in [3.05, 3.63) is 30.1 Å². The molecule has 0 spiro atoms. The Hall–Kier alpha value is -1.62. The van der Waals surface area contributed by atoms with Gasteiger partial charge in [-0.2, -0.15) is 0 Å². The first-order valence-corrected chi connectivity index (χ1v) is 10.1. The van der Waals surface area contributed by atoms with Crippen LogP contribution in [-0.4, -0.2) is 39.6 Å². The molecular formula is C20H27N3OS. The second-order valence-electron chi connectivity index (χ2n) is 7.59. The summed E-state index contributed by atoms with van der Waals surface area (Å²) in [6.07, 6.45) is 1.21. The number of hydrogen-bond acceptors (Lipinski definition) is 4. The van der Waals surface area contributed by atoms with Gasteiger partial charge in [0.15, 0.2) is 0 Å². The number of fused-ring (bicyclic) bond motifs is 1. The minimum Gasteiger partial charge on any atom is -0.341 e. The molecule has 1 aromatic heterocycles. The number of carbonyl (C=O) groups is 1. The van der Waals surface area contributed by atoms with Gasteiger partial charge in [-0.3, -0.25) is 4.79 Å². The van der Waals surface area contributed by atoms with Gasteiger partial charge in [0.05, 0.1) is 11.3 Å². The molecule has 25 heavy (non-hydrogen) atoms. The Labute approximate surface area is 154 Å². The monoisotopic (exact) mass is 357 g/mol. The third-order valence-corrected chi connectivity index (χ3v) is 5.63. The van der Waals surface area contributed by atoms with Gasteiger partial charge in [-0.15, -0.1) is 0 Å². The highest BCUT2D eigenvalue weighted by molar-refractivity contribution is 8.00. The topological polar surface area (TPSA) is 46.1 Å². The quantitative estimate of drug-likeness (QED) is 0.603. The van der Waals surface area contributed by atoms with Crippen LogP contribution in [0.5, 0.6) is 0 Å². The first kappa shape index (κ1) is 18.2. The molecule has 1 aliphatic rings. The number of aromatic nitrogens is 2. The molecule has 5 heteroatoms. The van der Waals surface area contributed by atoms with Crippen molar-refractivity contribution in [2.75, 3.05) is 18.8 Å². The number of benzene rings is 1. The van der Waals surface area contributed by atoms with E-state index in [-0.39, 0.29) is 11.8 Å². The molecule has 1 fully saturated rings. The van der Waals surface area contributed by atoms with Crippen molar-refractivity contribution in [2.24, 2.45) is 11.8 Å². The van der Waals surface area contributed by atoms with E-state index in [1.807, 2.05) is 29.2 Å². The number of likely N-dealkylation sites (tertiary alicyclic amines) is 1. The molecular weight excluding hydrogens is 330 g/mol. The summed E-state index contributed by atoms with van der Waals surface area (Å²) in [5.74, 6) is 2.95. The first-order valence-electron chi connectivity index (χ1n) is 9.11. The number of thioether (sulfide) groups is 1. The minimum absolute atomic E-state index is 0.220. The maximum absolute atomic E-state index is 12.7. The maximum atomic E-state index is 12.7. The molecule has 2 aromatic rings. The molecule has 2 unspecified atom stereocenters. The van der Waals surface area contributed by atoms with E-state index in [4.69, 9.17) is 4.98 Å². The lowest BCUT2D eigenvalue weighted by Crippen LogP contribution is -2.43. The highest BCUT2D eigenvalue weighted by atomic mass is 32.2. The second-order valence-corrected chi connectivity index (χ2v) is 8.56. The van der Waals surface area contributed by atoms with Gasteiger partial charge < -0.3 is 4.90 Å². The highest BCUT2D eigenvalue weighted by Gasteiger charge is 2.25. The highest BCUT2D eigenvalue weighted by Crippen LogP contribution is 2.28. The van der Waals surface area contributed by atoms with Crippen molar-refractivity contribution in [1.29, 1.82) is 0 Å². The Balaban J connectivity index is 1.77. The van der Waals surface area contributed by atoms with Gasteiger partial charge in [0.2, 0.25) is 5.91 Å². The number of carbonyl (C=O) groups excluding carboxylic acids is 1. The minimum atomic E-state index is 0.220. The molecule has 1 amide bonds. The number of nitrogens with zero attached hydrogens (tertiary/aromatic N) is 3. The number of hydrogen-bond donors (Lipinski definition) is 0. The molecule has 2 atom stereocenters. The van der Waals surface area contributed by atoms with Gasteiger partial charge in [0.1, 0.15) is 10.9 Å². The molecule has 134 valence electrons. The molecule has 0 aliphatic carbocycles. The van der Waals surface area contributed by atoms with Crippen LogP contribution in [-0.2, 0) is 4.79 Å². The zero-order chi connectivity index (χ0) is 18.0. The second kappa shape index (κ2) is 7.73. The van der Waals surface area contributed by atoms with Crippen molar-refractivity contribution in [3.8, 4) is 0 Å². The van der Waals surface area contributed by atoms with E-state index in [1.165, 1.54) is 6.42 Å². The van der Waals surface area contributed by atoms with Crippen molar-refractivity contribution >= 4 is 28.6 Å². The van der Waals surface area contributed by atoms with Crippen LogP contribution in [0.1, 0.15) is 45.9 Å². The third-order valence-electron chi connectivity index (χ3n) is 4.66. The van der Waals surface area contributed by atoms with Crippen molar-refractivity contribution < 1.29 is 4.79 Å². The predicted octanol–water partition coefficient (Wildman–Crippen LogP) is 4.35. The van der Waals surface area contributed by atoms with Crippen LogP contribution in [0.4, 0.5) is 0 Å². The Morgan fingerprint density at radius 2 is 1.88 bits per heavy atom. The number of rotatable bonds is 4. The average molecular weight is 358 g/mol. The Morgan fingerprint density at radius 3 is 2.56 bits per heavy atom. The predicted molar refractivity (Wildman–Crippen MR) is 104 cm³/mol. The third kappa shape index (κ3) is 4.32. The van der Waals surface area contributed by atoms with Gasteiger partial charge in [-0.1, -0.05) is 57.7 Å². The summed E-state index contributed by atoms with van der Waals surface area (Å²) in [5.41, 5.74) is 0.955. The van der Waals surface area contributed by atoms with Gasteiger partial charge in [0, 0.05) is 24.4 Å². The van der Waals surface area contributed by atoms with E-state index in [0.29, 0.717) is 17.6 Å². The normalized spacial score (nSPS) is 21.1. The maximum Gasteiger partial charge on any atom is 0.233 e. The van der Waals surface area contributed by atoms with Gasteiger partial charge in [0.25, 0.3) is 0 Å². The summed E-state index contributed by atoms with van der Waals surface area (Å²) in [4.78, 5) is 24.1. The lowest BCUT2D eigenvalue weighted by atomic mass is 9.92. The van der Waals surface area contributed by atoms with E-state index in [9.17, 15) is 4.79 Å². The van der Waals surface area contributed by atoms with E-state index in [2.05, 4.69) is 32.7 Å². The van der Waals surface area contributed by atoms with Crippen LogP contribution in [0.3, 0.4) is 0 Å². The van der Waals surface area contributed by atoms with E-state index in [1.54, 1.807) is 11.8 Å². The molecule has 2 heterocycles. The summed E-state index contributed by atoms with van der Waals surface area (Å²) in [5, 5.41) is 1.95. The van der Waals surface area contributed by atoms with Crippen LogP contribution in [0.25, 0.3) is 10.9 Å². The fourth-order valence-electron chi connectivity index (χ4n) is 3.52. The SMILES string of the molecule is CC1CC(C)CN(C(=O)CSc2nc(C(C)C)nc3ccccc23)C1. The summed E-state index contributed by atoms with van der Waals surface area (Å²) >= 11 is 1.54. The molecule has 0 N–H and O–H groups in total. The Morgan fingerprint density at radius 1 is 1.20 bits per heavy atom. The molecule has 0 bridgehead atoms. The molecule has 1 aromatic carbocycles. The van der Waals surface area contributed by atoms with Gasteiger partial charge >= 0.3 is 0 Å². The molecule has 4 nitrogen and oxygen atoms in total. The van der Waals surface area contributed by atoms with E-state index >= 15 is 0 Å². The average Bonchev–Trinajstić information content (AvgIpc) is 2.58. The molecule has 0 radical (unpaired) electrons. The molecule has 3 rings (SSSR count). The zero-order valence-electron chi connectivity index (χ0n) is 15.5. The van der Waals surface area contributed by atoms with Gasteiger partial charge in [-0.05, 0) is 24.3 Å². The summed E-state index contributed by atoms with van der Waals surface area (Å²) < 4.78 is 0. The van der Waals surface area contributed by atoms with Crippen LogP contribution in [0.15, 0.2) is 29.3 Å². The molecule has 1 saturated heterocycles. The standard InChI is InChI=1S/C20H27N3OS/c1-13(2)19-21-17-8-6-5-7-16(17)20(22-19)25-12-18(24)23-10-14(3)9-15(4)11-23/h5-8,13-15H,9-12H2,1-4H3. The van der Waals surface area contributed by atoms with Crippen LogP contribution in [0, 0.1) is 11.8 Å². The van der Waals surface area contributed by atoms with Crippen LogP contribution < -0.4 is 0 Å². The lowest BCUT2D eigenvalue weighted by molar-refractivity contribution is -0.130. The largest absolute Gasteiger partial charge is 0.341 e. The smallest absolute Gasteiger partial charge is 0.233 e. The van der Waals surface area contributed by atoms with Crippen molar-refractivity contribution in [3.63, 3.8) is 0 Å². The Kier molecular flexibility index (Phi) is 5.62. The lowest BCUT2D eigenvalue weighted by Gasteiger charge is -2.35. The van der Waals surface area contributed by atoms with Crippen molar-refractivity contribution in [2.45, 2.75) is 45.1 Å². The van der Waals surface area contributed by atoms with E-state index < -0.39 is 0 Å². The van der Waals surface area contributed by atoms with Crippen molar-refractivity contribution in [1.82, 2.24) is 14.9 Å². The molecule has 0 saturated carbocycles. The molecule has 1 aliphatic heterocycles. The van der Waals surface area contributed by atoms with E-state index in [0.717, 1.165) is 34.8 Å². The summed E-state index contributed by atoms with van der Waals surface area (Å²) in [7, 11) is 0. The van der Waals surface area contributed by atoms with Crippen LogP contribution >= 0.6 is 11.8 Å². The number of amides is 1. The Bertz CT molecular complexity index is 752. The number of para-hydroxylation sites is 1. The zero-order valence-corrected chi connectivity index (χ0v) is 16.3. The summed E-state index contributed by atoms with van der Waals surface area (Å²) in [6.45, 7) is 10.4. The fraction of sp³-hybridized carbons (Fsp3) is 0.550.